The number of phenols is 2. The van der Waals surface area contributed by atoms with Crippen LogP contribution in [-0.2, 0) is 4.74 Å². The summed E-state index contributed by atoms with van der Waals surface area (Å²) in [5, 5.41) is 22.8. The number of amides is 1. The number of aromatic hydroxyl groups is 2. The molecule has 0 unspecified atom stereocenters. The quantitative estimate of drug-likeness (QED) is 0.585. The maximum absolute atomic E-state index is 12.4. The molecule has 0 aliphatic carbocycles. The van der Waals surface area contributed by atoms with Crippen LogP contribution in [0.3, 0.4) is 0 Å². The molecule has 0 atom stereocenters. The molecule has 25 heavy (non-hydrogen) atoms. The van der Waals surface area contributed by atoms with E-state index in [-0.39, 0.29) is 34.7 Å². The maximum Gasteiger partial charge on any atom is 0.411 e. The van der Waals surface area contributed by atoms with Gasteiger partial charge in [0.15, 0.2) is 5.43 Å². The van der Waals surface area contributed by atoms with E-state index in [0.717, 1.165) is 0 Å². The molecule has 7 nitrogen and oxygen atoms in total. The Bertz CT molecular complexity index is 1010. The van der Waals surface area contributed by atoms with Crippen LogP contribution >= 0.6 is 0 Å². The van der Waals surface area contributed by atoms with Gasteiger partial charge in [0.1, 0.15) is 11.5 Å². The monoisotopic (exact) mass is 340 g/mol. The minimum absolute atomic E-state index is 0.121. The molecule has 3 aromatic rings. The molecule has 0 aliphatic heterocycles. The number of pyridine rings is 1. The summed E-state index contributed by atoms with van der Waals surface area (Å²) in [6.45, 7) is 1.88. The lowest BCUT2D eigenvalue weighted by atomic mass is 10.1. The van der Waals surface area contributed by atoms with Crippen molar-refractivity contribution in [3.8, 4) is 22.8 Å². The zero-order valence-corrected chi connectivity index (χ0v) is 13.4. The van der Waals surface area contributed by atoms with Gasteiger partial charge in [-0.25, -0.2) is 4.79 Å². The Labute approximate surface area is 142 Å². The van der Waals surface area contributed by atoms with Gasteiger partial charge in [-0.1, -0.05) is 12.1 Å². The Morgan fingerprint density at radius 3 is 2.64 bits per heavy atom. The molecule has 1 aromatic heterocycles. The van der Waals surface area contributed by atoms with Crippen LogP contribution in [-0.4, -0.2) is 27.9 Å². The first-order valence-electron chi connectivity index (χ1n) is 7.62. The summed E-state index contributed by atoms with van der Waals surface area (Å²) < 4.78 is 4.85. The first kappa shape index (κ1) is 16.4. The smallest absolute Gasteiger partial charge is 0.411 e. The summed E-state index contributed by atoms with van der Waals surface area (Å²) in [5.74, 6) is -0.253. The molecule has 2 aromatic carbocycles. The molecule has 0 saturated heterocycles. The van der Waals surface area contributed by atoms with Gasteiger partial charge in [-0.3, -0.25) is 10.1 Å². The Morgan fingerprint density at radius 1 is 1.16 bits per heavy atom. The van der Waals surface area contributed by atoms with Gasteiger partial charge in [-0.05, 0) is 31.2 Å². The fourth-order valence-electron chi connectivity index (χ4n) is 2.63. The van der Waals surface area contributed by atoms with Gasteiger partial charge in [0.2, 0.25) is 0 Å². The van der Waals surface area contributed by atoms with Crippen molar-refractivity contribution >= 4 is 22.7 Å². The second-order valence-corrected chi connectivity index (χ2v) is 5.29. The van der Waals surface area contributed by atoms with Crippen LogP contribution < -0.4 is 10.7 Å². The lowest BCUT2D eigenvalue weighted by molar-refractivity contribution is 0.168. The second-order valence-electron chi connectivity index (χ2n) is 5.29. The first-order valence-corrected chi connectivity index (χ1v) is 7.62. The molecule has 0 aliphatic rings. The van der Waals surface area contributed by atoms with E-state index >= 15 is 0 Å². The third kappa shape index (κ3) is 3.12. The molecule has 1 amide bonds. The first-order chi connectivity index (χ1) is 12.0. The average Bonchev–Trinajstić information content (AvgIpc) is 2.54. The molecule has 0 spiro atoms. The topological polar surface area (TPSA) is 112 Å². The highest BCUT2D eigenvalue weighted by Crippen LogP contribution is 2.35. The molecule has 3 rings (SSSR count). The number of hydrogen-bond acceptors (Lipinski definition) is 5. The minimum atomic E-state index is -0.671. The average molecular weight is 340 g/mol. The summed E-state index contributed by atoms with van der Waals surface area (Å²) in [4.78, 5) is 27.1. The van der Waals surface area contributed by atoms with E-state index < -0.39 is 11.5 Å². The molecule has 4 N–H and O–H groups in total. The van der Waals surface area contributed by atoms with Gasteiger partial charge in [0.05, 0.1) is 34.5 Å². The number of phenolic OH excluding ortho intramolecular Hbond substituents is 2. The van der Waals surface area contributed by atoms with Crippen LogP contribution in [0.4, 0.5) is 10.5 Å². The zero-order chi connectivity index (χ0) is 18.0. The molecule has 0 saturated carbocycles. The van der Waals surface area contributed by atoms with Gasteiger partial charge in [-0.2, -0.15) is 0 Å². The number of hydrogen-bond donors (Lipinski definition) is 4. The maximum atomic E-state index is 12.4. The van der Waals surface area contributed by atoms with E-state index in [4.69, 9.17) is 4.74 Å². The third-order valence-corrected chi connectivity index (χ3v) is 3.66. The number of carbonyl (C=O) groups excluding carboxylic acids is 1. The molecular formula is C18H16N2O5. The Morgan fingerprint density at radius 2 is 1.88 bits per heavy atom. The molecular weight excluding hydrogens is 324 g/mol. The number of H-pyrrole nitrogens is 1. The van der Waals surface area contributed by atoms with Gasteiger partial charge in [-0.15, -0.1) is 0 Å². The van der Waals surface area contributed by atoms with Crippen molar-refractivity contribution in [3.63, 3.8) is 0 Å². The van der Waals surface area contributed by atoms with E-state index in [2.05, 4.69) is 10.3 Å². The van der Waals surface area contributed by atoms with Crippen molar-refractivity contribution in [2.24, 2.45) is 0 Å². The van der Waals surface area contributed by atoms with Crippen molar-refractivity contribution < 1.29 is 19.7 Å². The van der Waals surface area contributed by atoms with Gasteiger partial charge >= 0.3 is 6.09 Å². The molecule has 0 radical (unpaired) electrons. The van der Waals surface area contributed by atoms with Gasteiger partial charge in [0, 0.05) is 6.07 Å². The fourth-order valence-corrected chi connectivity index (χ4v) is 2.63. The van der Waals surface area contributed by atoms with E-state index in [9.17, 15) is 19.8 Å². The summed E-state index contributed by atoms with van der Waals surface area (Å²) in [6, 6.07) is 10.5. The van der Waals surface area contributed by atoms with Crippen molar-refractivity contribution in [1.29, 1.82) is 0 Å². The number of anilines is 1. The largest absolute Gasteiger partial charge is 0.507 e. The van der Waals surface area contributed by atoms with Crippen LogP contribution in [0, 0.1) is 0 Å². The van der Waals surface area contributed by atoms with Crippen LogP contribution in [0.25, 0.3) is 22.2 Å². The Balaban J connectivity index is 2.18. The van der Waals surface area contributed by atoms with Crippen molar-refractivity contribution in [3.05, 3.63) is 52.7 Å². The highest BCUT2D eigenvalue weighted by molar-refractivity contribution is 5.94. The van der Waals surface area contributed by atoms with Crippen molar-refractivity contribution in [1.82, 2.24) is 4.98 Å². The number of aromatic amines is 1. The Kier molecular flexibility index (Phi) is 4.30. The minimum Gasteiger partial charge on any atom is -0.507 e. The summed E-state index contributed by atoms with van der Waals surface area (Å²) in [6.07, 6.45) is -0.671. The SMILES string of the molecule is CCOC(=O)Nc1cccc(O)c1-c1cc(=O)c2c(O)cccc2[nH]1. The van der Waals surface area contributed by atoms with Crippen LogP contribution in [0.2, 0.25) is 0 Å². The van der Waals surface area contributed by atoms with Crippen molar-refractivity contribution in [2.75, 3.05) is 11.9 Å². The summed E-state index contributed by atoms with van der Waals surface area (Å²) in [5.41, 5.74) is 0.833. The summed E-state index contributed by atoms with van der Waals surface area (Å²) in [7, 11) is 0. The van der Waals surface area contributed by atoms with Crippen LogP contribution in [0.5, 0.6) is 11.5 Å². The number of nitrogens with one attached hydrogen (secondary N) is 2. The summed E-state index contributed by atoms with van der Waals surface area (Å²) >= 11 is 0. The number of fused-ring (bicyclic) bond motifs is 1. The van der Waals surface area contributed by atoms with E-state index in [1.54, 1.807) is 31.2 Å². The molecule has 128 valence electrons. The lowest BCUT2D eigenvalue weighted by Gasteiger charge is -2.13. The number of carbonyl (C=O) groups is 1. The molecule has 1 heterocycles. The predicted octanol–water partition coefficient (Wildman–Crippen LogP) is 3.17. The number of rotatable bonds is 3. The lowest BCUT2D eigenvalue weighted by Crippen LogP contribution is -2.14. The molecule has 0 fully saturated rings. The standard InChI is InChI=1S/C18H16N2O5/c1-2-25-18(24)20-10-5-3-7-13(21)16(10)12-9-15(23)17-11(19-12)6-4-8-14(17)22/h3-9,21-22H,2H2,1H3,(H,19,23)(H,20,24). The van der Waals surface area contributed by atoms with E-state index in [0.29, 0.717) is 11.2 Å². The second kappa shape index (κ2) is 6.56. The number of aromatic nitrogens is 1. The fraction of sp³-hybridized carbons (Fsp3) is 0.111. The zero-order valence-electron chi connectivity index (χ0n) is 13.4. The predicted molar refractivity (Wildman–Crippen MR) is 94.0 cm³/mol. The molecule has 0 bridgehead atoms. The number of benzene rings is 2. The highest BCUT2D eigenvalue weighted by atomic mass is 16.5. The van der Waals surface area contributed by atoms with Crippen LogP contribution in [0.1, 0.15) is 6.92 Å². The highest BCUT2D eigenvalue weighted by Gasteiger charge is 2.16. The third-order valence-electron chi connectivity index (χ3n) is 3.66. The van der Waals surface area contributed by atoms with Crippen LogP contribution in [0.15, 0.2) is 47.3 Å². The number of ether oxygens (including phenoxy) is 1. The van der Waals surface area contributed by atoms with E-state index in [1.807, 2.05) is 0 Å². The Hall–Kier alpha value is -3.48. The van der Waals surface area contributed by atoms with Crippen molar-refractivity contribution in [2.45, 2.75) is 6.92 Å². The van der Waals surface area contributed by atoms with Gasteiger partial charge in [0.25, 0.3) is 0 Å². The molecule has 7 heteroatoms. The normalized spacial score (nSPS) is 10.6. The van der Waals surface area contributed by atoms with E-state index in [1.165, 1.54) is 18.2 Å². The van der Waals surface area contributed by atoms with Gasteiger partial charge < -0.3 is 19.9 Å².